The van der Waals surface area contributed by atoms with Gasteiger partial charge >= 0.3 is 0 Å². The van der Waals surface area contributed by atoms with Crippen LogP contribution in [0.4, 0.5) is 15.8 Å². The summed E-state index contributed by atoms with van der Waals surface area (Å²) in [6, 6.07) is 3.81. The number of nitro benzene ring substituents is 1. The van der Waals surface area contributed by atoms with Crippen LogP contribution in [0.2, 0.25) is 0 Å². The van der Waals surface area contributed by atoms with Gasteiger partial charge in [-0.3, -0.25) is 10.1 Å². The predicted molar refractivity (Wildman–Crippen MR) is 58.9 cm³/mol. The molecule has 0 spiro atoms. The molecule has 0 aliphatic heterocycles. The van der Waals surface area contributed by atoms with Gasteiger partial charge in [0.2, 0.25) is 0 Å². The van der Waals surface area contributed by atoms with Crippen LogP contribution in [0.5, 0.6) is 0 Å². The molecular weight excluding hydrogens is 211 g/mol. The number of nitrogens with one attached hydrogen (secondary N) is 1. The summed E-state index contributed by atoms with van der Waals surface area (Å²) in [5, 5.41) is 13.6. The third kappa shape index (κ3) is 2.48. The second kappa shape index (κ2) is 4.08. The molecule has 1 atom stereocenters. The summed E-state index contributed by atoms with van der Waals surface area (Å²) in [6.45, 7) is 2.01. The predicted octanol–water partition coefficient (Wildman–Crippen LogP) is 2.94. The van der Waals surface area contributed by atoms with Crippen molar-refractivity contribution >= 4 is 11.4 Å². The number of nitrogens with zero attached hydrogens (tertiary/aromatic N) is 1. The van der Waals surface area contributed by atoms with E-state index in [9.17, 15) is 14.5 Å². The van der Waals surface area contributed by atoms with Crippen LogP contribution in [0, 0.1) is 21.8 Å². The number of anilines is 1. The van der Waals surface area contributed by atoms with Crippen LogP contribution in [0.25, 0.3) is 0 Å². The topological polar surface area (TPSA) is 55.2 Å². The smallest absolute Gasteiger partial charge is 0.274 e. The SMILES string of the molecule is CC(Nc1cc(F)cc([N+](=O)[O-])c1)C1CC1. The molecule has 0 amide bonds. The van der Waals surface area contributed by atoms with Gasteiger partial charge in [0.15, 0.2) is 0 Å². The first-order valence-corrected chi connectivity index (χ1v) is 5.28. The molecule has 86 valence electrons. The van der Waals surface area contributed by atoms with Crippen molar-refractivity contribution in [3.05, 3.63) is 34.1 Å². The molecule has 0 bridgehead atoms. The monoisotopic (exact) mass is 224 g/mol. The van der Waals surface area contributed by atoms with Crippen molar-refractivity contribution in [2.45, 2.75) is 25.8 Å². The van der Waals surface area contributed by atoms with E-state index in [-0.39, 0.29) is 11.7 Å². The molecule has 1 fully saturated rings. The highest BCUT2D eigenvalue weighted by Gasteiger charge is 2.28. The van der Waals surface area contributed by atoms with Crippen molar-refractivity contribution < 1.29 is 9.31 Å². The molecule has 0 heterocycles. The van der Waals surface area contributed by atoms with E-state index >= 15 is 0 Å². The summed E-state index contributed by atoms with van der Waals surface area (Å²) < 4.78 is 13.1. The summed E-state index contributed by atoms with van der Waals surface area (Å²) in [5.41, 5.74) is 0.261. The highest BCUT2D eigenvalue weighted by Crippen LogP contribution is 2.34. The van der Waals surface area contributed by atoms with Crippen molar-refractivity contribution in [3.8, 4) is 0 Å². The summed E-state index contributed by atoms with van der Waals surface area (Å²) in [7, 11) is 0. The van der Waals surface area contributed by atoms with Crippen LogP contribution in [0.15, 0.2) is 18.2 Å². The van der Waals surface area contributed by atoms with Gasteiger partial charge in [0.05, 0.1) is 11.0 Å². The van der Waals surface area contributed by atoms with E-state index in [1.54, 1.807) is 0 Å². The Balaban J connectivity index is 2.16. The number of nitro groups is 1. The van der Waals surface area contributed by atoms with E-state index < -0.39 is 10.7 Å². The molecular formula is C11H13FN2O2. The average molecular weight is 224 g/mol. The first-order valence-electron chi connectivity index (χ1n) is 5.28. The Hall–Kier alpha value is -1.65. The Morgan fingerprint density at radius 2 is 2.19 bits per heavy atom. The fourth-order valence-corrected chi connectivity index (χ4v) is 1.74. The van der Waals surface area contributed by atoms with E-state index in [2.05, 4.69) is 5.32 Å². The molecule has 4 nitrogen and oxygen atoms in total. The minimum atomic E-state index is -0.587. The van der Waals surface area contributed by atoms with Gasteiger partial charge in [0, 0.05) is 17.8 Å². The van der Waals surface area contributed by atoms with Crippen molar-refractivity contribution in [3.63, 3.8) is 0 Å². The zero-order chi connectivity index (χ0) is 11.7. The second-order valence-corrected chi connectivity index (χ2v) is 4.23. The largest absolute Gasteiger partial charge is 0.382 e. The summed E-state index contributed by atoms with van der Waals surface area (Å²) in [4.78, 5) is 9.96. The Kier molecular flexibility index (Phi) is 2.77. The van der Waals surface area contributed by atoms with Gasteiger partial charge in [0.25, 0.3) is 5.69 Å². The number of hydrogen-bond donors (Lipinski definition) is 1. The van der Waals surface area contributed by atoms with Gasteiger partial charge < -0.3 is 5.32 Å². The molecule has 1 saturated carbocycles. The van der Waals surface area contributed by atoms with Crippen molar-refractivity contribution in [2.24, 2.45) is 5.92 Å². The number of halogens is 1. The first-order chi connectivity index (χ1) is 7.56. The van der Waals surface area contributed by atoms with E-state index in [1.807, 2.05) is 6.92 Å². The van der Waals surface area contributed by atoms with Crippen LogP contribution in [-0.4, -0.2) is 11.0 Å². The molecule has 0 radical (unpaired) electrons. The molecule has 5 heteroatoms. The zero-order valence-corrected chi connectivity index (χ0v) is 8.94. The second-order valence-electron chi connectivity index (χ2n) is 4.23. The number of hydrogen-bond acceptors (Lipinski definition) is 3. The molecule has 1 aliphatic rings. The maximum Gasteiger partial charge on any atom is 0.274 e. The van der Waals surface area contributed by atoms with Gasteiger partial charge in [-0.25, -0.2) is 4.39 Å². The maximum absolute atomic E-state index is 13.1. The van der Waals surface area contributed by atoms with Crippen LogP contribution in [0.1, 0.15) is 19.8 Å². The van der Waals surface area contributed by atoms with Crippen LogP contribution in [0.3, 0.4) is 0 Å². The first kappa shape index (κ1) is 10.9. The minimum absolute atomic E-state index is 0.217. The Morgan fingerprint density at radius 1 is 1.50 bits per heavy atom. The molecule has 1 aliphatic carbocycles. The third-order valence-corrected chi connectivity index (χ3v) is 2.82. The van der Waals surface area contributed by atoms with Crippen LogP contribution >= 0.6 is 0 Å². The lowest BCUT2D eigenvalue weighted by Gasteiger charge is -2.13. The van der Waals surface area contributed by atoms with Crippen molar-refractivity contribution in [2.75, 3.05) is 5.32 Å². The zero-order valence-electron chi connectivity index (χ0n) is 8.94. The summed E-state index contributed by atoms with van der Waals surface area (Å²) in [5.74, 6) is 0.0296. The maximum atomic E-state index is 13.1. The van der Waals surface area contributed by atoms with E-state index in [0.29, 0.717) is 11.6 Å². The van der Waals surface area contributed by atoms with Gasteiger partial charge in [-0.05, 0) is 31.7 Å². The van der Waals surface area contributed by atoms with Gasteiger partial charge in [-0.15, -0.1) is 0 Å². The Labute approximate surface area is 92.6 Å². The standard InChI is InChI=1S/C11H13FN2O2/c1-7(8-2-3-8)13-10-4-9(12)5-11(6-10)14(15)16/h4-8,13H,2-3H2,1H3. The normalized spacial score (nSPS) is 16.9. The van der Waals surface area contributed by atoms with Gasteiger partial charge in [0.1, 0.15) is 5.82 Å². The molecule has 16 heavy (non-hydrogen) atoms. The fourth-order valence-electron chi connectivity index (χ4n) is 1.74. The molecule has 0 saturated heterocycles. The van der Waals surface area contributed by atoms with E-state index in [4.69, 9.17) is 0 Å². The minimum Gasteiger partial charge on any atom is -0.382 e. The molecule has 0 aromatic heterocycles. The lowest BCUT2D eigenvalue weighted by atomic mass is 10.2. The number of rotatable bonds is 4. The lowest BCUT2D eigenvalue weighted by Crippen LogP contribution is -2.17. The Bertz CT molecular complexity index is 418. The molecule has 2 rings (SSSR count). The van der Waals surface area contributed by atoms with E-state index in [1.165, 1.54) is 25.0 Å². The molecule has 1 aromatic carbocycles. The molecule has 1 N–H and O–H groups in total. The highest BCUT2D eigenvalue weighted by atomic mass is 19.1. The van der Waals surface area contributed by atoms with Crippen LogP contribution < -0.4 is 5.32 Å². The van der Waals surface area contributed by atoms with Crippen molar-refractivity contribution in [1.29, 1.82) is 0 Å². The number of benzene rings is 1. The third-order valence-electron chi connectivity index (χ3n) is 2.82. The van der Waals surface area contributed by atoms with Gasteiger partial charge in [-0.1, -0.05) is 0 Å². The lowest BCUT2D eigenvalue weighted by molar-refractivity contribution is -0.385. The quantitative estimate of drug-likeness (QED) is 0.632. The van der Waals surface area contributed by atoms with E-state index in [0.717, 1.165) is 6.07 Å². The highest BCUT2D eigenvalue weighted by molar-refractivity contribution is 5.52. The fraction of sp³-hybridized carbons (Fsp3) is 0.455. The van der Waals surface area contributed by atoms with Gasteiger partial charge in [-0.2, -0.15) is 0 Å². The summed E-state index contributed by atoms with van der Waals surface area (Å²) in [6.07, 6.45) is 2.34. The van der Waals surface area contributed by atoms with Crippen molar-refractivity contribution in [1.82, 2.24) is 0 Å². The molecule has 1 aromatic rings. The van der Waals surface area contributed by atoms with Crippen LogP contribution in [-0.2, 0) is 0 Å². The number of non-ortho nitro benzene ring substituents is 1. The average Bonchev–Trinajstić information content (AvgIpc) is 2.99. The summed E-state index contributed by atoms with van der Waals surface area (Å²) >= 11 is 0. The Morgan fingerprint density at radius 3 is 2.75 bits per heavy atom. The molecule has 1 unspecified atom stereocenters.